The summed E-state index contributed by atoms with van der Waals surface area (Å²) in [5, 5.41) is 12.2. The van der Waals surface area contributed by atoms with Gasteiger partial charge < -0.3 is 19.7 Å². The van der Waals surface area contributed by atoms with Crippen molar-refractivity contribution >= 4 is 12.3 Å². The molecular formula is C19H26N6O3. The molecular weight excluding hydrogens is 360 g/mol. The van der Waals surface area contributed by atoms with Gasteiger partial charge in [0.05, 0.1) is 31.5 Å². The lowest BCUT2D eigenvalue weighted by Crippen LogP contribution is -2.50. The number of aromatic nitrogens is 3. The fourth-order valence-electron chi connectivity index (χ4n) is 4.68. The lowest BCUT2D eigenvalue weighted by molar-refractivity contribution is -0.0565. The predicted molar refractivity (Wildman–Crippen MR) is 101 cm³/mol. The molecule has 5 rings (SSSR count). The molecule has 4 heterocycles. The normalized spacial score (nSPS) is 33.1. The van der Waals surface area contributed by atoms with Crippen LogP contribution < -0.4 is 5.32 Å². The molecule has 4 aliphatic rings. The lowest BCUT2D eigenvalue weighted by Gasteiger charge is -2.34. The average molecular weight is 386 g/mol. The molecule has 3 aliphatic heterocycles. The molecule has 1 saturated carbocycles. The van der Waals surface area contributed by atoms with Crippen molar-refractivity contribution in [3.05, 3.63) is 23.9 Å². The second-order valence-electron chi connectivity index (χ2n) is 8.08. The van der Waals surface area contributed by atoms with Crippen molar-refractivity contribution in [1.82, 2.24) is 25.0 Å². The fourth-order valence-corrected chi connectivity index (χ4v) is 4.68. The first kappa shape index (κ1) is 17.7. The molecule has 5 atom stereocenters. The number of hydrogen-bond acceptors (Lipinski definition) is 7. The number of hydrogen-bond donors (Lipinski definition) is 1. The molecule has 1 aliphatic carbocycles. The Kier molecular flexibility index (Phi) is 4.34. The van der Waals surface area contributed by atoms with Gasteiger partial charge in [-0.25, -0.2) is 4.79 Å². The predicted octanol–water partition coefficient (Wildman–Crippen LogP) is 1.43. The Hall–Kier alpha value is -2.42. The van der Waals surface area contributed by atoms with Crippen molar-refractivity contribution < 1.29 is 14.3 Å². The number of rotatable bonds is 4. The number of aliphatic imine (C=N–C) groups is 1. The first-order valence-electron chi connectivity index (χ1n) is 10.1. The van der Waals surface area contributed by atoms with Crippen LogP contribution in [0.2, 0.25) is 0 Å². The standard InChI is InChI=1S/C19H26N6O3/c1-3-11-6-13(28-19(26)24(2)12-9-27-10-12)7-14(11)18-23-22-16-8-21-17-15(25(16)18)4-5-20-17/h4-5,8,11-15,17,20H,3,6-7,9-10H2,1-2H3/t11-,13+,14+,15?,17?/m1/s1. The minimum atomic E-state index is -0.257. The Labute approximate surface area is 163 Å². The molecule has 2 unspecified atom stereocenters. The highest BCUT2D eigenvalue weighted by Gasteiger charge is 2.42. The third-order valence-corrected chi connectivity index (χ3v) is 6.51. The molecule has 0 radical (unpaired) electrons. The van der Waals surface area contributed by atoms with E-state index in [0.29, 0.717) is 19.1 Å². The quantitative estimate of drug-likeness (QED) is 0.841. The highest BCUT2D eigenvalue weighted by Crippen LogP contribution is 2.44. The summed E-state index contributed by atoms with van der Waals surface area (Å²) < 4.78 is 13.2. The first-order chi connectivity index (χ1) is 13.7. The largest absolute Gasteiger partial charge is 0.446 e. The van der Waals surface area contributed by atoms with Gasteiger partial charge in [-0.15, -0.1) is 10.2 Å². The number of fused-ring (bicyclic) bond motifs is 3. The Morgan fingerprint density at radius 2 is 2.25 bits per heavy atom. The fraction of sp³-hybridized carbons (Fsp3) is 0.684. The number of carbonyl (C=O) groups excluding carboxylic acids is 1. The molecule has 0 spiro atoms. The molecule has 1 aromatic rings. The zero-order chi connectivity index (χ0) is 19.3. The van der Waals surface area contributed by atoms with Crippen molar-refractivity contribution in [2.75, 3.05) is 20.3 Å². The summed E-state index contributed by atoms with van der Waals surface area (Å²) in [5.74, 6) is 2.42. The number of nitrogens with one attached hydrogen (secondary N) is 1. The van der Waals surface area contributed by atoms with E-state index in [0.717, 1.165) is 30.9 Å². The van der Waals surface area contributed by atoms with Crippen LogP contribution in [0.5, 0.6) is 0 Å². The van der Waals surface area contributed by atoms with E-state index >= 15 is 0 Å². The van der Waals surface area contributed by atoms with E-state index in [9.17, 15) is 4.79 Å². The Morgan fingerprint density at radius 3 is 3.00 bits per heavy atom. The van der Waals surface area contributed by atoms with Crippen LogP contribution in [-0.4, -0.2) is 70.5 Å². The number of amides is 1. The molecule has 1 aromatic heterocycles. The summed E-state index contributed by atoms with van der Waals surface area (Å²) in [6.45, 7) is 3.37. The molecule has 1 N–H and O–H groups in total. The van der Waals surface area contributed by atoms with Gasteiger partial charge in [0.2, 0.25) is 0 Å². The zero-order valence-corrected chi connectivity index (χ0v) is 16.2. The van der Waals surface area contributed by atoms with Crippen molar-refractivity contribution in [3.63, 3.8) is 0 Å². The third kappa shape index (κ3) is 2.80. The van der Waals surface area contributed by atoms with Crippen LogP contribution in [-0.2, 0) is 9.47 Å². The Bertz CT molecular complexity index is 817. The maximum Gasteiger partial charge on any atom is 0.410 e. The van der Waals surface area contributed by atoms with E-state index < -0.39 is 0 Å². The average Bonchev–Trinajstić information content (AvgIpc) is 3.36. The van der Waals surface area contributed by atoms with E-state index in [1.807, 2.05) is 6.20 Å². The summed E-state index contributed by atoms with van der Waals surface area (Å²) >= 11 is 0. The monoisotopic (exact) mass is 386 g/mol. The van der Waals surface area contributed by atoms with Gasteiger partial charge in [0.1, 0.15) is 18.1 Å². The lowest BCUT2D eigenvalue weighted by atomic mass is 9.92. The van der Waals surface area contributed by atoms with E-state index in [1.165, 1.54) is 0 Å². The molecule has 2 fully saturated rings. The summed E-state index contributed by atoms with van der Waals surface area (Å²) in [7, 11) is 1.78. The van der Waals surface area contributed by atoms with Gasteiger partial charge in [0.25, 0.3) is 0 Å². The molecule has 9 nitrogen and oxygen atoms in total. The minimum Gasteiger partial charge on any atom is -0.446 e. The van der Waals surface area contributed by atoms with Crippen molar-refractivity contribution in [2.45, 2.75) is 56.5 Å². The smallest absolute Gasteiger partial charge is 0.410 e. The number of likely N-dealkylation sites (N-methyl/N-ethyl adjacent to an activating group) is 1. The van der Waals surface area contributed by atoms with E-state index in [4.69, 9.17) is 9.47 Å². The molecule has 0 aromatic carbocycles. The van der Waals surface area contributed by atoms with Crippen molar-refractivity contribution in [2.24, 2.45) is 10.9 Å². The number of nitrogens with zero attached hydrogens (tertiary/aromatic N) is 5. The van der Waals surface area contributed by atoms with Gasteiger partial charge in [-0.1, -0.05) is 13.3 Å². The molecule has 150 valence electrons. The third-order valence-electron chi connectivity index (χ3n) is 6.51. The van der Waals surface area contributed by atoms with Crippen LogP contribution in [0.3, 0.4) is 0 Å². The van der Waals surface area contributed by atoms with E-state index in [2.05, 4.69) is 38.1 Å². The van der Waals surface area contributed by atoms with Gasteiger partial charge in [0.15, 0.2) is 5.82 Å². The molecule has 1 saturated heterocycles. The maximum atomic E-state index is 12.5. The minimum absolute atomic E-state index is 0.00991. The second-order valence-corrected chi connectivity index (χ2v) is 8.08. The zero-order valence-electron chi connectivity index (χ0n) is 16.2. The first-order valence-corrected chi connectivity index (χ1v) is 10.1. The van der Waals surface area contributed by atoms with Crippen LogP contribution in [0, 0.1) is 5.92 Å². The SMILES string of the molecule is CC[C@@H]1C[C@H](OC(=O)N(C)C2COC2)C[C@@H]1c1nnc2n1C1C=CNC1N=C2. The van der Waals surface area contributed by atoms with Gasteiger partial charge in [-0.05, 0) is 31.0 Å². The van der Waals surface area contributed by atoms with E-state index in [-0.39, 0.29) is 36.4 Å². The van der Waals surface area contributed by atoms with Gasteiger partial charge in [-0.2, -0.15) is 0 Å². The van der Waals surface area contributed by atoms with Gasteiger partial charge >= 0.3 is 6.09 Å². The molecule has 9 heteroatoms. The number of ether oxygens (including phenoxy) is 2. The summed E-state index contributed by atoms with van der Waals surface area (Å²) in [6, 6.07) is 0.238. The van der Waals surface area contributed by atoms with Crippen LogP contribution in [0.25, 0.3) is 0 Å². The van der Waals surface area contributed by atoms with Crippen LogP contribution in [0.15, 0.2) is 17.3 Å². The summed E-state index contributed by atoms with van der Waals surface area (Å²) in [6.07, 6.45) is 8.17. The Morgan fingerprint density at radius 1 is 1.39 bits per heavy atom. The Balaban J connectivity index is 1.33. The van der Waals surface area contributed by atoms with Gasteiger partial charge in [-0.3, -0.25) is 9.56 Å². The van der Waals surface area contributed by atoms with Crippen LogP contribution >= 0.6 is 0 Å². The van der Waals surface area contributed by atoms with Crippen LogP contribution in [0.1, 0.15) is 49.8 Å². The summed E-state index contributed by atoms with van der Waals surface area (Å²) in [5.41, 5.74) is 0. The molecule has 28 heavy (non-hydrogen) atoms. The highest BCUT2D eigenvalue weighted by molar-refractivity contribution is 5.76. The highest BCUT2D eigenvalue weighted by atomic mass is 16.6. The van der Waals surface area contributed by atoms with Crippen molar-refractivity contribution in [3.8, 4) is 0 Å². The van der Waals surface area contributed by atoms with Crippen LogP contribution in [0.4, 0.5) is 4.79 Å². The van der Waals surface area contributed by atoms with Gasteiger partial charge in [0, 0.05) is 13.0 Å². The second kappa shape index (κ2) is 6.88. The maximum absolute atomic E-state index is 12.5. The molecule has 0 bridgehead atoms. The molecule has 1 amide bonds. The van der Waals surface area contributed by atoms with E-state index in [1.54, 1.807) is 18.2 Å². The topological polar surface area (TPSA) is 93.9 Å². The summed E-state index contributed by atoms with van der Waals surface area (Å²) in [4.78, 5) is 18.7. The van der Waals surface area contributed by atoms with Crippen molar-refractivity contribution in [1.29, 1.82) is 0 Å². The number of carbonyl (C=O) groups is 1.